The van der Waals surface area contributed by atoms with Crippen molar-refractivity contribution < 1.29 is 22.7 Å². The van der Waals surface area contributed by atoms with Gasteiger partial charge in [0.05, 0.1) is 10.5 Å². The predicted octanol–water partition coefficient (Wildman–Crippen LogP) is 2.74. The van der Waals surface area contributed by atoms with Crippen molar-refractivity contribution in [2.75, 3.05) is 18.8 Å². The maximum absolute atomic E-state index is 12.6. The topological polar surface area (TPSA) is 92.8 Å². The molecule has 0 unspecified atom stereocenters. The summed E-state index contributed by atoms with van der Waals surface area (Å²) in [7, 11) is -0.610. The van der Waals surface area contributed by atoms with Crippen LogP contribution in [0, 0.1) is 13.8 Å². The number of amides is 1. The fourth-order valence-electron chi connectivity index (χ4n) is 2.52. The number of carbonyl (C=O) groups is 2. The molecule has 7 nitrogen and oxygen atoms in total. The van der Waals surface area contributed by atoms with Gasteiger partial charge in [-0.05, 0) is 62.2 Å². The number of hydrogen-bond acceptors (Lipinski definition) is 5. The fraction of sp³-hybridized carbons (Fsp3) is 0.300. The molecule has 0 spiro atoms. The third-order valence-electron chi connectivity index (χ3n) is 4.08. The number of benzene rings is 2. The van der Waals surface area contributed by atoms with Gasteiger partial charge in [0, 0.05) is 19.8 Å². The highest BCUT2D eigenvalue weighted by atomic mass is 32.2. The van der Waals surface area contributed by atoms with E-state index >= 15 is 0 Å². The molecule has 1 amide bonds. The Balaban J connectivity index is 2.13. The summed E-state index contributed by atoms with van der Waals surface area (Å²) in [6.45, 7) is 5.04. The van der Waals surface area contributed by atoms with Gasteiger partial charge < -0.3 is 9.64 Å². The van der Waals surface area contributed by atoms with E-state index in [2.05, 4.69) is 4.72 Å². The molecule has 0 bridgehead atoms. The zero-order valence-electron chi connectivity index (χ0n) is 16.5. The molecule has 0 aromatic heterocycles. The summed E-state index contributed by atoms with van der Waals surface area (Å²) in [5.74, 6) is -0.988. The maximum Gasteiger partial charge on any atom is 0.338 e. The minimum absolute atomic E-state index is 0.201. The Morgan fingerprint density at radius 3 is 2.21 bits per heavy atom. The van der Waals surface area contributed by atoms with Gasteiger partial charge in [0.15, 0.2) is 6.10 Å². The molecule has 0 aliphatic carbocycles. The van der Waals surface area contributed by atoms with E-state index < -0.39 is 22.1 Å². The Labute approximate surface area is 165 Å². The molecule has 1 atom stereocenters. The molecule has 0 heterocycles. The molecule has 2 aromatic carbocycles. The van der Waals surface area contributed by atoms with Crippen molar-refractivity contribution in [3.05, 3.63) is 59.2 Å². The summed E-state index contributed by atoms with van der Waals surface area (Å²) >= 11 is 0. The van der Waals surface area contributed by atoms with E-state index in [0.717, 1.165) is 5.56 Å². The summed E-state index contributed by atoms with van der Waals surface area (Å²) in [4.78, 5) is 25.5. The lowest BCUT2D eigenvalue weighted by Crippen LogP contribution is -2.34. The number of aryl methyl sites for hydroxylation is 2. The van der Waals surface area contributed by atoms with Crippen LogP contribution >= 0.6 is 0 Å². The lowest BCUT2D eigenvalue weighted by molar-refractivity contribution is -0.137. The largest absolute Gasteiger partial charge is 0.449 e. The molecule has 0 saturated carbocycles. The van der Waals surface area contributed by atoms with Crippen molar-refractivity contribution in [1.29, 1.82) is 0 Å². The molecule has 2 rings (SSSR count). The molecular formula is C20H24N2O5S. The second kappa shape index (κ2) is 8.43. The first-order valence-corrected chi connectivity index (χ1v) is 10.1. The molecule has 0 radical (unpaired) electrons. The summed E-state index contributed by atoms with van der Waals surface area (Å²) < 4.78 is 32.9. The van der Waals surface area contributed by atoms with Crippen LogP contribution in [0.1, 0.15) is 28.4 Å². The molecule has 8 heteroatoms. The van der Waals surface area contributed by atoms with Crippen LogP contribution in [-0.2, 0) is 19.6 Å². The van der Waals surface area contributed by atoms with Crippen LogP contribution < -0.4 is 4.72 Å². The lowest BCUT2D eigenvalue weighted by atomic mass is 10.2. The maximum atomic E-state index is 12.6. The highest BCUT2D eigenvalue weighted by Gasteiger charge is 2.21. The summed E-state index contributed by atoms with van der Waals surface area (Å²) in [6.07, 6.45) is -0.912. The Kier molecular flexibility index (Phi) is 6.45. The van der Waals surface area contributed by atoms with E-state index in [-0.39, 0.29) is 16.4 Å². The van der Waals surface area contributed by atoms with Crippen molar-refractivity contribution in [3.8, 4) is 0 Å². The Morgan fingerprint density at radius 2 is 1.64 bits per heavy atom. The molecule has 0 saturated heterocycles. The third-order valence-corrected chi connectivity index (χ3v) is 5.60. The second-order valence-electron chi connectivity index (χ2n) is 6.73. The monoisotopic (exact) mass is 404 g/mol. The van der Waals surface area contributed by atoms with Crippen LogP contribution in [-0.4, -0.2) is 45.4 Å². The van der Waals surface area contributed by atoms with E-state index in [9.17, 15) is 18.0 Å². The van der Waals surface area contributed by atoms with Gasteiger partial charge in [-0.3, -0.25) is 9.52 Å². The normalized spacial score (nSPS) is 12.2. The number of nitrogens with zero attached hydrogens (tertiary/aromatic N) is 1. The predicted molar refractivity (Wildman–Crippen MR) is 107 cm³/mol. The number of esters is 1. The van der Waals surface area contributed by atoms with Gasteiger partial charge in [-0.2, -0.15) is 0 Å². The minimum atomic E-state index is -3.76. The first-order valence-electron chi connectivity index (χ1n) is 8.63. The zero-order valence-corrected chi connectivity index (χ0v) is 17.3. The van der Waals surface area contributed by atoms with Crippen molar-refractivity contribution in [3.63, 3.8) is 0 Å². The van der Waals surface area contributed by atoms with E-state index in [1.54, 1.807) is 33.2 Å². The van der Waals surface area contributed by atoms with E-state index in [0.29, 0.717) is 11.3 Å². The smallest absolute Gasteiger partial charge is 0.338 e. The van der Waals surface area contributed by atoms with Crippen molar-refractivity contribution in [1.82, 2.24) is 4.90 Å². The summed E-state index contributed by atoms with van der Waals surface area (Å²) in [5.41, 5.74) is 2.01. The van der Waals surface area contributed by atoms with E-state index in [1.165, 1.54) is 36.1 Å². The molecule has 28 heavy (non-hydrogen) atoms. The van der Waals surface area contributed by atoms with Gasteiger partial charge in [-0.1, -0.05) is 12.1 Å². The van der Waals surface area contributed by atoms with E-state index in [1.807, 2.05) is 13.0 Å². The molecule has 0 fully saturated rings. The number of carbonyl (C=O) groups excluding carboxylic acids is 2. The zero-order chi connectivity index (χ0) is 21.1. The first kappa shape index (κ1) is 21.4. The average Bonchev–Trinajstić information content (AvgIpc) is 2.63. The quantitative estimate of drug-likeness (QED) is 0.748. The Morgan fingerprint density at radius 1 is 1.04 bits per heavy atom. The third kappa shape index (κ3) is 5.10. The van der Waals surface area contributed by atoms with Crippen LogP contribution in [0.3, 0.4) is 0 Å². The number of anilines is 1. The number of nitrogens with one attached hydrogen (secondary N) is 1. The molecular weight excluding hydrogens is 380 g/mol. The van der Waals surface area contributed by atoms with Gasteiger partial charge in [0.25, 0.3) is 15.9 Å². The Hall–Kier alpha value is -2.87. The molecule has 1 N–H and O–H groups in total. The van der Waals surface area contributed by atoms with Crippen molar-refractivity contribution in [2.24, 2.45) is 0 Å². The molecule has 0 aliphatic heterocycles. The Bertz CT molecular complexity index is 982. The lowest BCUT2D eigenvalue weighted by Gasteiger charge is -2.17. The molecule has 2 aromatic rings. The van der Waals surface area contributed by atoms with Gasteiger partial charge in [0.2, 0.25) is 0 Å². The van der Waals surface area contributed by atoms with Crippen molar-refractivity contribution >= 4 is 27.6 Å². The van der Waals surface area contributed by atoms with Crippen molar-refractivity contribution in [2.45, 2.75) is 31.8 Å². The highest BCUT2D eigenvalue weighted by molar-refractivity contribution is 7.92. The number of likely N-dealkylation sites (N-methyl/N-ethyl adjacent to an activating group) is 1. The number of sulfonamides is 1. The first-order chi connectivity index (χ1) is 13.0. The minimum Gasteiger partial charge on any atom is -0.449 e. The summed E-state index contributed by atoms with van der Waals surface area (Å²) in [6, 6.07) is 11.0. The number of hydrogen-bond donors (Lipinski definition) is 1. The molecule has 150 valence electrons. The van der Waals surface area contributed by atoms with Crippen LogP contribution in [0.15, 0.2) is 47.4 Å². The van der Waals surface area contributed by atoms with Crippen LogP contribution in [0.2, 0.25) is 0 Å². The fourth-order valence-corrected chi connectivity index (χ4v) is 3.91. The molecule has 0 aliphatic rings. The number of rotatable bonds is 6. The standard InChI is InChI=1S/C20H24N2O5S/c1-13-6-7-14(2)18(12-13)28(25,26)21-17-10-8-16(9-11-17)20(24)27-15(3)19(23)22(4)5/h6-12,15,21H,1-5H3/t15-/m0/s1. The van der Waals surface area contributed by atoms with Crippen LogP contribution in [0.4, 0.5) is 5.69 Å². The van der Waals surface area contributed by atoms with Gasteiger partial charge in [-0.15, -0.1) is 0 Å². The van der Waals surface area contributed by atoms with Gasteiger partial charge in [0.1, 0.15) is 0 Å². The van der Waals surface area contributed by atoms with Gasteiger partial charge >= 0.3 is 5.97 Å². The SMILES string of the molecule is Cc1ccc(C)c(S(=O)(=O)Nc2ccc(C(=O)O[C@@H](C)C(=O)N(C)C)cc2)c1. The summed E-state index contributed by atoms with van der Waals surface area (Å²) in [5, 5.41) is 0. The second-order valence-corrected chi connectivity index (χ2v) is 8.38. The van der Waals surface area contributed by atoms with Gasteiger partial charge in [-0.25, -0.2) is 13.2 Å². The van der Waals surface area contributed by atoms with E-state index in [4.69, 9.17) is 4.74 Å². The highest BCUT2D eigenvalue weighted by Crippen LogP contribution is 2.21. The average molecular weight is 404 g/mol. The van der Waals surface area contributed by atoms with Crippen LogP contribution in [0.25, 0.3) is 0 Å². The number of ether oxygens (including phenoxy) is 1. The van der Waals surface area contributed by atoms with Crippen LogP contribution in [0.5, 0.6) is 0 Å².